The first-order chi connectivity index (χ1) is 22.3. The quantitative estimate of drug-likeness (QED) is 0.156. The minimum atomic E-state index is -4.20. The number of hydrogen-bond donors (Lipinski definition) is 1. The summed E-state index contributed by atoms with van der Waals surface area (Å²) in [7, 11) is -4.20. The van der Waals surface area contributed by atoms with Crippen molar-refractivity contribution in [1.82, 2.24) is 10.2 Å². The number of hydrogen-bond acceptors (Lipinski definition) is 4. The largest absolute Gasteiger partial charge is 0.352 e. The highest BCUT2D eigenvalue weighted by molar-refractivity contribution is 7.92. The van der Waals surface area contributed by atoms with E-state index in [1.165, 1.54) is 4.90 Å². The molecule has 248 valence electrons. The van der Waals surface area contributed by atoms with E-state index in [1.54, 1.807) is 54.6 Å². The van der Waals surface area contributed by atoms with Gasteiger partial charge in [0.15, 0.2) is 0 Å². The molecule has 10 heteroatoms. The van der Waals surface area contributed by atoms with Crippen LogP contribution in [0.15, 0.2) is 95.9 Å². The van der Waals surface area contributed by atoms with Gasteiger partial charge in [-0.1, -0.05) is 96.4 Å². The molecule has 2 amide bonds. The van der Waals surface area contributed by atoms with Gasteiger partial charge in [0.2, 0.25) is 11.8 Å². The molecule has 2 atom stereocenters. The van der Waals surface area contributed by atoms with Gasteiger partial charge in [-0.25, -0.2) is 8.42 Å². The maximum Gasteiger partial charge on any atom is 0.264 e. The minimum Gasteiger partial charge on any atom is -0.352 e. The monoisotopic (exact) mass is 693 g/mol. The van der Waals surface area contributed by atoms with Crippen molar-refractivity contribution in [3.63, 3.8) is 0 Å². The van der Waals surface area contributed by atoms with Gasteiger partial charge in [0.05, 0.1) is 20.6 Å². The van der Waals surface area contributed by atoms with Gasteiger partial charge in [-0.3, -0.25) is 13.9 Å². The van der Waals surface area contributed by atoms with Gasteiger partial charge in [0.25, 0.3) is 10.0 Å². The van der Waals surface area contributed by atoms with E-state index in [0.717, 1.165) is 26.6 Å². The van der Waals surface area contributed by atoms with E-state index in [1.807, 2.05) is 71.0 Å². The molecule has 0 fully saturated rings. The molecule has 0 heterocycles. The highest BCUT2D eigenvalue weighted by Crippen LogP contribution is 2.30. The van der Waals surface area contributed by atoms with E-state index in [-0.39, 0.29) is 29.8 Å². The highest BCUT2D eigenvalue weighted by Gasteiger charge is 2.35. The molecule has 0 radical (unpaired) electrons. The lowest BCUT2D eigenvalue weighted by Crippen LogP contribution is -2.54. The Hall–Kier alpha value is -3.85. The van der Waals surface area contributed by atoms with Crippen LogP contribution in [0.1, 0.15) is 48.1 Å². The van der Waals surface area contributed by atoms with Crippen molar-refractivity contribution in [2.45, 2.75) is 71.0 Å². The van der Waals surface area contributed by atoms with Crippen LogP contribution in [0.3, 0.4) is 0 Å². The van der Waals surface area contributed by atoms with Gasteiger partial charge < -0.3 is 10.2 Å². The SMILES string of the molecule is CC[C@@H](C)NC(=O)[C@H](Cc1ccccc1)N(Cc1ccc(Cl)c(Cl)c1)C(=O)CN(c1cccc(C)c1C)S(=O)(=O)c1ccc(C)cc1. The van der Waals surface area contributed by atoms with Gasteiger partial charge in [-0.2, -0.15) is 0 Å². The number of sulfonamides is 1. The molecule has 1 N–H and O–H groups in total. The van der Waals surface area contributed by atoms with Crippen LogP contribution in [0.2, 0.25) is 10.0 Å². The summed E-state index contributed by atoms with van der Waals surface area (Å²) in [5.41, 5.74) is 4.38. The molecule has 0 spiro atoms. The van der Waals surface area contributed by atoms with E-state index in [0.29, 0.717) is 27.7 Å². The molecule has 0 aliphatic heterocycles. The predicted octanol–water partition coefficient (Wildman–Crippen LogP) is 7.67. The van der Waals surface area contributed by atoms with E-state index >= 15 is 0 Å². The summed E-state index contributed by atoms with van der Waals surface area (Å²) in [6, 6.07) is 25.2. The molecule has 4 aromatic carbocycles. The van der Waals surface area contributed by atoms with Crippen LogP contribution in [0, 0.1) is 20.8 Å². The predicted molar refractivity (Wildman–Crippen MR) is 190 cm³/mol. The Bertz CT molecular complexity index is 1820. The molecule has 4 aromatic rings. The second kappa shape index (κ2) is 15.8. The summed E-state index contributed by atoms with van der Waals surface area (Å²) >= 11 is 12.6. The zero-order chi connectivity index (χ0) is 34.3. The van der Waals surface area contributed by atoms with Crippen molar-refractivity contribution < 1.29 is 18.0 Å². The summed E-state index contributed by atoms with van der Waals surface area (Å²) in [4.78, 5) is 30.2. The number of halogens is 2. The number of anilines is 1. The number of aryl methyl sites for hydroxylation is 2. The molecule has 0 unspecified atom stereocenters. The van der Waals surface area contributed by atoms with Crippen molar-refractivity contribution >= 4 is 50.7 Å². The highest BCUT2D eigenvalue weighted by atomic mass is 35.5. The van der Waals surface area contributed by atoms with Crippen LogP contribution < -0.4 is 9.62 Å². The number of carbonyl (C=O) groups is 2. The average Bonchev–Trinajstić information content (AvgIpc) is 3.05. The minimum absolute atomic E-state index is 0.00757. The Morgan fingerprint density at radius 1 is 0.830 bits per heavy atom. The molecule has 47 heavy (non-hydrogen) atoms. The Labute approximate surface area is 288 Å². The first-order valence-corrected chi connectivity index (χ1v) is 17.7. The standard InChI is InChI=1S/C37H41Cl2N3O4S/c1-6-27(4)40-37(44)35(22-29-12-8-7-9-13-29)41(23-30-17-20-32(38)33(39)21-30)36(43)24-42(34-14-10-11-26(3)28(34)5)47(45,46)31-18-15-25(2)16-19-31/h7-21,27,35H,6,22-24H2,1-5H3,(H,40,44)/t27-,35+/m1/s1. The summed E-state index contributed by atoms with van der Waals surface area (Å²) in [6.45, 7) is 8.92. The number of carbonyl (C=O) groups excluding carboxylic acids is 2. The van der Waals surface area contributed by atoms with E-state index in [9.17, 15) is 18.0 Å². The lowest BCUT2D eigenvalue weighted by molar-refractivity contribution is -0.140. The second-order valence-corrected chi connectivity index (χ2v) is 14.5. The van der Waals surface area contributed by atoms with Gasteiger partial charge in [0.1, 0.15) is 12.6 Å². The van der Waals surface area contributed by atoms with Crippen molar-refractivity contribution in [2.24, 2.45) is 0 Å². The topological polar surface area (TPSA) is 86.8 Å². The number of amides is 2. The Morgan fingerprint density at radius 3 is 2.15 bits per heavy atom. The summed E-state index contributed by atoms with van der Waals surface area (Å²) < 4.78 is 29.8. The maximum absolute atomic E-state index is 14.7. The number of rotatable bonds is 13. The Kier molecular flexibility index (Phi) is 12.1. The smallest absolute Gasteiger partial charge is 0.264 e. The fraction of sp³-hybridized carbons (Fsp3) is 0.297. The molecular formula is C37H41Cl2N3O4S. The molecule has 4 rings (SSSR count). The summed E-state index contributed by atoms with van der Waals surface area (Å²) in [5, 5.41) is 3.70. The van der Waals surface area contributed by atoms with Crippen LogP contribution in [-0.2, 0) is 32.6 Å². The molecular weight excluding hydrogens is 653 g/mol. The van der Waals surface area contributed by atoms with Crippen LogP contribution in [-0.4, -0.2) is 43.8 Å². The van der Waals surface area contributed by atoms with Gasteiger partial charge in [0, 0.05) is 19.0 Å². The van der Waals surface area contributed by atoms with E-state index < -0.39 is 28.5 Å². The fourth-order valence-corrected chi connectivity index (χ4v) is 6.98. The molecule has 0 bridgehead atoms. The van der Waals surface area contributed by atoms with Crippen LogP contribution in [0.25, 0.3) is 0 Å². The van der Waals surface area contributed by atoms with Crippen LogP contribution in [0.4, 0.5) is 5.69 Å². The van der Waals surface area contributed by atoms with Gasteiger partial charge in [-0.05, 0) is 86.7 Å². The molecule has 0 saturated heterocycles. The fourth-order valence-electron chi connectivity index (χ4n) is 5.19. The van der Waals surface area contributed by atoms with E-state index in [2.05, 4.69) is 5.32 Å². The van der Waals surface area contributed by atoms with Crippen molar-refractivity contribution in [1.29, 1.82) is 0 Å². The Morgan fingerprint density at radius 2 is 1.51 bits per heavy atom. The van der Waals surface area contributed by atoms with Crippen LogP contribution in [0.5, 0.6) is 0 Å². The lowest BCUT2D eigenvalue weighted by Gasteiger charge is -2.34. The lowest BCUT2D eigenvalue weighted by atomic mass is 10.0. The molecule has 0 aliphatic carbocycles. The van der Waals surface area contributed by atoms with Gasteiger partial charge in [-0.15, -0.1) is 0 Å². The Balaban J connectivity index is 1.85. The third-order valence-electron chi connectivity index (χ3n) is 8.34. The van der Waals surface area contributed by atoms with Gasteiger partial charge >= 0.3 is 0 Å². The molecule has 0 saturated carbocycles. The third kappa shape index (κ3) is 8.95. The number of benzene rings is 4. The second-order valence-electron chi connectivity index (χ2n) is 11.8. The normalized spacial score (nSPS) is 12.7. The number of nitrogens with zero attached hydrogens (tertiary/aromatic N) is 2. The van der Waals surface area contributed by atoms with Crippen molar-refractivity contribution in [3.05, 3.63) is 129 Å². The maximum atomic E-state index is 14.7. The summed E-state index contributed by atoms with van der Waals surface area (Å²) in [6.07, 6.45) is 0.907. The van der Waals surface area contributed by atoms with Crippen molar-refractivity contribution in [3.8, 4) is 0 Å². The van der Waals surface area contributed by atoms with Crippen LogP contribution >= 0.6 is 23.2 Å². The molecule has 0 aliphatic rings. The molecule has 0 aromatic heterocycles. The first-order valence-electron chi connectivity index (χ1n) is 15.5. The van der Waals surface area contributed by atoms with Crippen molar-refractivity contribution in [2.75, 3.05) is 10.8 Å². The summed E-state index contributed by atoms with van der Waals surface area (Å²) in [5.74, 6) is -0.885. The average molecular weight is 695 g/mol. The third-order valence-corrected chi connectivity index (χ3v) is 10.9. The number of nitrogens with one attached hydrogen (secondary N) is 1. The first kappa shape index (κ1) is 36.0. The zero-order valence-electron chi connectivity index (χ0n) is 27.3. The molecule has 7 nitrogen and oxygen atoms in total. The zero-order valence-corrected chi connectivity index (χ0v) is 29.7. The van der Waals surface area contributed by atoms with E-state index in [4.69, 9.17) is 23.2 Å².